The predicted molar refractivity (Wildman–Crippen MR) is 114 cm³/mol. The van der Waals surface area contributed by atoms with Crippen LogP contribution in [0.2, 0.25) is 0 Å². The molecule has 0 saturated heterocycles. The molecule has 0 saturated carbocycles. The number of carbonyl (C=O) groups excluding carboxylic acids is 1. The molecule has 3 nitrogen and oxygen atoms in total. The van der Waals surface area contributed by atoms with Gasteiger partial charge < -0.3 is 0 Å². The highest BCUT2D eigenvalue weighted by molar-refractivity contribution is 6.08. The first-order chi connectivity index (χ1) is 12.9. The number of carbonyl (C=O) groups is 1. The summed E-state index contributed by atoms with van der Waals surface area (Å²) in [6, 6.07) is 9.82. The molecular formula is C24H26N2O. The number of pyridine rings is 1. The van der Waals surface area contributed by atoms with Crippen molar-refractivity contribution in [2.75, 3.05) is 0 Å². The largest absolute Gasteiger partial charge is 0.289 e. The first kappa shape index (κ1) is 20.2. The Morgan fingerprint density at radius 2 is 1.93 bits per heavy atom. The van der Waals surface area contributed by atoms with E-state index in [2.05, 4.69) is 61.8 Å². The van der Waals surface area contributed by atoms with Gasteiger partial charge in [0, 0.05) is 30.0 Å². The minimum atomic E-state index is -0.0951. The number of aliphatic imine (C=N–C) groups is 1. The first-order valence-corrected chi connectivity index (χ1v) is 9.01. The molecule has 0 aliphatic heterocycles. The van der Waals surface area contributed by atoms with Gasteiger partial charge in [0.05, 0.1) is 11.4 Å². The van der Waals surface area contributed by atoms with Crippen molar-refractivity contribution >= 4 is 17.6 Å². The van der Waals surface area contributed by atoms with Gasteiger partial charge in [0.15, 0.2) is 5.78 Å². The molecule has 0 radical (unpaired) electrons. The lowest BCUT2D eigenvalue weighted by molar-refractivity contribution is 0.103. The zero-order chi connectivity index (χ0) is 20.0. The van der Waals surface area contributed by atoms with Gasteiger partial charge in [-0.3, -0.25) is 14.8 Å². The molecule has 0 spiro atoms. The number of benzene rings is 1. The normalized spacial score (nSPS) is 10.8. The Morgan fingerprint density at radius 3 is 2.48 bits per heavy atom. The molecule has 0 aliphatic carbocycles. The number of hydrogen-bond donors (Lipinski definition) is 0. The van der Waals surface area contributed by atoms with E-state index in [4.69, 9.17) is 0 Å². The van der Waals surface area contributed by atoms with Gasteiger partial charge in [-0.15, -0.1) is 0 Å². The predicted octanol–water partition coefficient (Wildman–Crippen LogP) is 5.55. The quantitative estimate of drug-likeness (QED) is 0.269. The van der Waals surface area contributed by atoms with Gasteiger partial charge in [-0.2, -0.15) is 0 Å². The summed E-state index contributed by atoms with van der Waals surface area (Å²) in [7, 11) is 0. The van der Waals surface area contributed by atoms with Gasteiger partial charge in [-0.05, 0) is 54.7 Å². The number of ketones is 1. The summed E-state index contributed by atoms with van der Waals surface area (Å²) in [5, 5.41) is 0. The van der Waals surface area contributed by atoms with Crippen molar-refractivity contribution in [2.45, 2.75) is 33.6 Å². The van der Waals surface area contributed by atoms with Crippen molar-refractivity contribution in [1.29, 1.82) is 0 Å². The Bertz CT molecular complexity index is 918. The standard InChI is InChI=1S/C24H26N2O/c1-7-21-10-9-20(13-16(21)3)14-17(4)24(27)22-11-12-23(26-15-22)18(5)19(6)25-8-2/h8-13,15H,4-7,14H2,1-3H3/b25-8-. The van der Waals surface area contributed by atoms with Crippen LogP contribution in [-0.4, -0.2) is 17.0 Å². The molecule has 1 aromatic carbocycles. The van der Waals surface area contributed by atoms with Crippen LogP contribution in [0.3, 0.4) is 0 Å². The highest BCUT2D eigenvalue weighted by Gasteiger charge is 2.13. The lowest BCUT2D eigenvalue weighted by Gasteiger charge is -2.09. The molecule has 138 valence electrons. The lowest BCUT2D eigenvalue weighted by atomic mass is 9.96. The number of aromatic nitrogens is 1. The van der Waals surface area contributed by atoms with Crippen molar-refractivity contribution in [1.82, 2.24) is 4.98 Å². The zero-order valence-electron chi connectivity index (χ0n) is 16.4. The topological polar surface area (TPSA) is 42.3 Å². The van der Waals surface area contributed by atoms with Crippen LogP contribution in [0.5, 0.6) is 0 Å². The number of Topliss-reactive ketones (excluding diaryl/α,β-unsaturated/α-hetero) is 1. The Hall–Kier alpha value is -3.07. The van der Waals surface area contributed by atoms with E-state index in [9.17, 15) is 4.79 Å². The van der Waals surface area contributed by atoms with E-state index in [0.29, 0.717) is 34.5 Å². The van der Waals surface area contributed by atoms with E-state index in [-0.39, 0.29) is 5.78 Å². The van der Waals surface area contributed by atoms with Crippen LogP contribution in [-0.2, 0) is 12.8 Å². The minimum Gasteiger partial charge on any atom is -0.289 e. The summed E-state index contributed by atoms with van der Waals surface area (Å²) in [4.78, 5) is 21.1. The van der Waals surface area contributed by atoms with Crippen molar-refractivity contribution in [3.63, 3.8) is 0 Å². The van der Waals surface area contributed by atoms with Gasteiger partial charge >= 0.3 is 0 Å². The Morgan fingerprint density at radius 1 is 1.19 bits per heavy atom. The van der Waals surface area contributed by atoms with Crippen LogP contribution in [0.25, 0.3) is 5.57 Å². The smallest absolute Gasteiger partial charge is 0.190 e. The maximum atomic E-state index is 12.7. The minimum absolute atomic E-state index is 0.0951. The number of allylic oxidation sites excluding steroid dienone is 2. The highest BCUT2D eigenvalue weighted by atomic mass is 16.1. The third-order valence-electron chi connectivity index (χ3n) is 4.49. The molecule has 2 aromatic rings. The van der Waals surface area contributed by atoms with Crippen LogP contribution in [0.15, 0.2) is 72.5 Å². The SMILES string of the molecule is C=C(Cc1ccc(CC)c(C)c1)C(=O)c1ccc(C(=C)C(=C)/N=C\C)nc1. The Balaban J connectivity index is 2.10. The van der Waals surface area contributed by atoms with Crippen molar-refractivity contribution in [3.8, 4) is 0 Å². The highest BCUT2D eigenvalue weighted by Crippen LogP contribution is 2.20. The molecule has 2 rings (SSSR count). The second kappa shape index (κ2) is 9.04. The van der Waals surface area contributed by atoms with E-state index < -0.39 is 0 Å². The second-order valence-electron chi connectivity index (χ2n) is 6.47. The van der Waals surface area contributed by atoms with Crippen LogP contribution in [0.4, 0.5) is 0 Å². The summed E-state index contributed by atoms with van der Waals surface area (Å²) in [6.45, 7) is 17.8. The van der Waals surface area contributed by atoms with Crippen LogP contribution in [0.1, 0.15) is 46.6 Å². The number of nitrogens with zero attached hydrogens (tertiary/aromatic N) is 2. The van der Waals surface area contributed by atoms with E-state index >= 15 is 0 Å². The van der Waals surface area contributed by atoms with Gasteiger partial charge in [0.2, 0.25) is 0 Å². The van der Waals surface area contributed by atoms with Crippen molar-refractivity contribution in [2.24, 2.45) is 4.99 Å². The number of rotatable bonds is 8. The van der Waals surface area contributed by atoms with E-state index in [1.165, 1.54) is 11.1 Å². The summed E-state index contributed by atoms with van der Waals surface area (Å²) < 4.78 is 0. The summed E-state index contributed by atoms with van der Waals surface area (Å²) in [5.74, 6) is -0.0951. The molecular weight excluding hydrogens is 332 g/mol. The van der Waals surface area contributed by atoms with Gasteiger partial charge in [0.1, 0.15) is 0 Å². The Kier molecular flexibility index (Phi) is 6.78. The molecule has 0 aliphatic rings. The molecule has 0 unspecified atom stereocenters. The molecule has 0 fully saturated rings. The molecule has 1 heterocycles. The van der Waals surface area contributed by atoms with E-state index in [1.807, 2.05) is 6.92 Å². The lowest BCUT2D eigenvalue weighted by Crippen LogP contribution is -2.06. The van der Waals surface area contributed by atoms with E-state index in [1.54, 1.807) is 24.5 Å². The molecule has 0 N–H and O–H groups in total. The number of hydrogen-bond acceptors (Lipinski definition) is 3. The molecule has 1 aromatic heterocycles. The molecule has 0 amide bonds. The molecule has 0 bridgehead atoms. The maximum absolute atomic E-state index is 12.7. The summed E-state index contributed by atoms with van der Waals surface area (Å²) >= 11 is 0. The van der Waals surface area contributed by atoms with Gasteiger partial charge in [-0.1, -0.05) is 44.9 Å². The van der Waals surface area contributed by atoms with Gasteiger partial charge in [-0.25, -0.2) is 0 Å². The first-order valence-electron chi connectivity index (χ1n) is 9.01. The summed E-state index contributed by atoms with van der Waals surface area (Å²) in [6.07, 6.45) is 4.75. The fourth-order valence-electron chi connectivity index (χ4n) is 2.88. The average molecular weight is 358 g/mol. The van der Waals surface area contributed by atoms with Crippen molar-refractivity contribution < 1.29 is 4.79 Å². The van der Waals surface area contributed by atoms with Crippen LogP contribution in [0, 0.1) is 6.92 Å². The third-order valence-corrected chi connectivity index (χ3v) is 4.49. The molecule has 27 heavy (non-hydrogen) atoms. The third kappa shape index (κ3) is 4.98. The second-order valence-corrected chi connectivity index (χ2v) is 6.47. The van der Waals surface area contributed by atoms with Crippen molar-refractivity contribution in [3.05, 3.63) is 95.5 Å². The Labute approximate surface area is 161 Å². The van der Waals surface area contributed by atoms with Crippen LogP contribution < -0.4 is 0 Å². The fourth-order valence-corrected chi connectivity index (χ4v) is 2.88. The van der Waals surface area contributed by atoms with Gasteiger partial charge in [0.25, 0.3) is 0 Å². The zero-order valence-corrected chi connectivity index (χ0v) is 16.4. The summed E-state index contributed by atoms with van der Waals surface area (Å²) in [5.41, 5.74) is 6.57. The number of aryl methyl sites for hydroxylation is 2. The average Bonchev–Trinajstić information content (AvgIpc) is 2.67. The fraction of sp³-hybridized carbons (Fsp3) is 0.208. The monoisotopic (exact) mass is 358 g/mol. The molecule has 3 heteroatoms. The van der Waals surface area contributed by atoms with E-state index in [0.717, 1.165) is 12.0 Å². The molecule has 0 atom stereocenters. The van der Waals surface area contributed by atoms with Crippen LogP contribution >= 0.6 is 0 Å². The maximum Gasteiger partial charge on any atom is 0.190 e.